The van der Waals surface area contributed by atoms with Gasteiger partial charge in [-0.05, 0) is 31.0 Å². The zero-order chi connectivity index (χ0) is 14.9. The zero-order valence-corrected chi connectivity index (χ0v) is 11.0. The van der Waals surface area contributed by atoms with Crippen LogP contribution in [0.2, 0.25) is 0 Å². The highest BCUT2D eigenvalue weighted by molar-refractivity contribution is 5.95. The molecule has 0 unspecified atom stereocenters. The van der Waals surface area contributed by atoms with Crippen molar-refractivity contribution in [2.45, 2.75) is 13.8 Å². The van der Waals surface area contributed by atoms with Crippen LogP contribution in [0.4, 0.5) is 0 Å². The third-order valence-corrected chi connectivity index (χ3v) is 2.81. The van der Waals surface area contributed by atoms with Crippen molar-refractivity contribution in [2.75, 3.05) is 6.54 Å². The fourth-order valence-electron chi connectivity index (χ4n) is 2.03. The Morgan fingerprint density at radius 2 is 2.10 bits per heavy atom. The first-order valence-corrected chi connectivity index (χ1v) is 5.89. The van der Waals surface area contributed by atoms with Gasteiger partial charge >= 0.3 is 11.6 Å². The molecule has 0 aliphatic carbocycles. The number of aliphatic carboxylic acids is 1. The number of hydrogen-bond donors (Lipinski definition) is 2. The van der Waals surface area contributed by atoms with Gasteiger partial charge in [-0.25, -0.2) is 4.79 Å². The second-order valence-electron chi connectivity index (χ2n) is 4.47. The number of carboxylic acids is 1. The van der Waals surface area contributed by atoms with Crippen LogP contribution in [0.25, 0.3) is 11.0 Å². The van der Waals surface area contributed by atoms with Gasteiger partial charge in [0.15, 0.2) is 0 Å². The molecular weight excluding hydrogens is 262 g/mol. The number of fused-ring (bicyclic) bond motifs is 1. The van der Waals surface area contributed by atoms with Crippen molar-refractivity contribution in [1.29, 1.82) is 0 Å². The Bertz CT molecular complexity index is 773. The molecule has 6 heteroatoms. The van der Waals surface area contributed by atoms with E-state index in [0.717, 1.165) is 17.3 Å². The van der Waals surface area contributed by atoms with Gasteiger partial charge < -0.3 is 14.6 Å². The maximum Gasteiger partial charge on any atom is 0.348 e. The quantitative estimate of drug-likeness (QED) is 0.655. The highest BCUT2D eigenvalue weighted by Gasteiger charge is 2.14. The Balaban J connectivity index is 2.66. The second-order valence-corrected chi connectivity index (χ2v) is 4.47. The fourth-order valence-corrected chi connectivity index (χ4v) is 2.03. The Hall–Kier alpha value is -2.63. The lowest BCUT2D eigenvalue weighted by atomic mass is 10.0. The van der Waals surface area contributed by atoms with Crippen LogP contribution in [0.1, 0.15) is 16.7 Å². The Morgan fingerprint density at radius 3 is 2.75 bits per heavy atom. The third-order valence-electron chi connectivity index (χ3n) is 2.81. The van der Waals surface area contributed by atoms with E-state index >= 15 is 0 Å². The van der Waals surface area contributed by atoms with Crippen LogP contribution in [-0.4, -0.2) is 28.9 Å². The van der Waals surface area contributed by atoms with Crippen molar-refractivity contribution in [1.82, 2.24) is 0 Å². The molecule has 2 aromatic rings. The standard InChI is InChI=1S/C14H13NO5/c1-7-3-8(2)12-10(4-7)20-14(19)9(13(12)18)5-15-6-11(16)17/h3-5,18H,6H2,1-2H3,(H,16,17). The molecule has 20 heavy (non-hydrogen) atoms. The van der Waals surface area contributed by atoms with Gasteiger partial charge in [0.05, 0.1) is 5.39 Å². The van der Waals surface area contributed by atoms with E-state index in [0.29, 0.717) is 11.0 Å². The summed E-state index contributed by atoms with van der Waals surface area (Å²) in [6.07, 6.45) is 1.02. The zero-order valence-electron chi connectivity index (χ0n) is 11.0. The first-order valence-electron chi connectivity index (χ1n) is 5.89. The van der Waals surface area contributed by atoms with Gasteiger partial charge in [-0.15, -0.1) is 0 Å². The van der Waals surface area contributed by atoms with Crippen LogP contribution in [0, 0.1) is 13.8 Å². The van der Waals surface area contributed by atoms with Crippen LogP contribution in [0.5, 0.6) is 5.75 Å². The second kappa shape index (κ2) is 5.16. The lowest BCUT2D eigenvalue weighted by Crippen LogP contribution is -2.09. The van der Waals surface area contributed by atoms with E-state index in [1.165, 1.54) is 0 Å². The first-order chi connectivity index (χ1) is 9.40. The molecule has 0 spiro atoms. The Labute approximate surface area is 114 Å². The molecule has 1 aromatic heterocycles. The minimum atomic E-state index is -1.13. The van der Waals surface area contributed by atoms with Gasteiger partial charge in [-0.2, -0.15) is 0 Å². The van der Waals surface area contributed by atoms with Crippen molar-refractivity contribution in [3.05, 3.63) is 39.2 Å². The Morgan fingerprint density at radius 1 is 1.40 bits per heavy atom. The third kappa shape index (κ3) is 2.54. The topological polar surface area (TPSA) is 100 Å². The van der Waals surface area contributed by atoms with Crippen molar-refractivity contribution >= 4 is 23.2 Å². The number of carbonyl (C=O) groups is 1. The van der Waals surface area contributed by atoms with E-state index in [-0.39, 0.29) is 11.3 Å². The molecule has 2 N–H and O–H groups in total. The largest absolute Gasteiger partial charge is 0.506 e. The summed E-state index contributed by atoms with van der Waals surface area (Å²) in [4.78, 5) is 25.7. The average Bonchev–Trinajstić information content (AvgIpc) is 2.31. The summed E-state index contributed by atoms with van der Waals surface area (Å²) in [6, 6.07) is 3.50. The molecule has 104 valence electrons. The van der Waals surface area contributed by atoms with Gasteiger partial charge in [0.25, 0.3) is 0 Å². The normalized spacial score (nSPS) is 11.3. The molecule has 1 heterocycles. The fraction of sp³-hybridized carbons (Fsp3) is 0.214. The molecule has 0 fully saturated rings. The number of aryl methyl sites for hydroxylation is 2. The summed E-state index contributed by atoms with van der Waals surface area (Å²) in [5.41, 5.74) is 1.05. The number of hydrogen-bond acceptors (Lipinski definition) is 5. The van der Waals surface area contributed by atoms with Crippen LogP contribution < -0.4 is 5.63 Å². The molecule has 0 aliphatic rings. The minimum Gasteiger partial charge on any atom is -0.506 e. The summed E-state index contributed by atoms with van der Waals surface area (Å²) in [5.74, 6) is -1.37. The lowest BCUT2D eigenvalue weighted by molar-refractivity contribution is -0.135. The van der Waals surface area contributed by atoms with Gasteiger partial charge in [0.1, 0.15) is 23.4 Å². The molecule has 1 aromatic carbocycles. The Kier molecular flexibility index (Phi) is 3.56. The number of nitrogens with zero attached hydrogens (tertiary/aromatic N) is 1. The van der Waals surface area contributed by atoms with Crippen LogP contribution in [-0.2, 0) is 4.79 Å². The van der Waals surface area contributed by atoms with Gasteiger partial charge in [-0.1, -0.05) is 6.07 Å². The SMILES string of the molecule is Cc1cc(C)c2c(O)c(C=NCC(=O)O)c(=O)oc2c1. The maximum atomic E-state index is 11.8. The molecule has 0 atom stereocenters. The molecule has 2 rings (SSSR count). The van der Waals surface area contributed by atoms with E-state index in [1.54, 1.807) is 13.0 Å². The number of aromatic hydroxyl groups is 1. The smallest absolute Gasteiger partial charge is 0.348 e. The van der Waals surface area contributed by atoms with Crippen LogP contribution >= 0.6 is 0 Å². The van der Waals surface area contributed by atoms with Crippen molar-refractivity contribution < 1.29 is 19.4 Å². The molecule has 0 bridgehead atoms. The summed E-state index contributed by atoms with van der Waals surface area (Å²) in [7, 11) is 0. The van der Waals surface area contributed by atoms with Crippen LogP contribution in [0.15, 0.2) is 26.3 Å². The number of benzene rings is 1. The van der Waals surface area contributed by atoms with Crippen LogP contribution in [0.3, 0.4) is 0 Å². The molecule has 0 saturated carbocycles. The molecule has 6 nitrogen and oxygen atoms in total. The van der Waals surface area contributed by atoms with Crippen molar-refractivity contribution in [2.24, 2.45) is 4.99 Å². The predicted molar refractivity (Wildman–Crippen MR) is 73.7 cm³/mol. The monoisotopic (exact) mass is 275 g/mol. The number of rotatable bonds is 3. The highest BCUT2D eigenvalue weighted by Crippen LogP contribution is 2.29. The summed E-state index contributed by atoms with van der Waals surface area (Å²) in [5, 5.41) is 19.1. The number of aliphatic imine (C=N–C) groups is 1. The lowest BCUT2D eigenvalue weighted by Gasteiger charge is -2.07. The minimum absolute atomic E-state index is 0.147. The average molecular weight is 275 g/mol. The van der Waals surface area contributed by atoms with Gasteiger partial charge in [-0.3, -0.25) is 9.79 Å². The highest BCUT2D eigenvalue weighted by atomic mass is 16.4. The van der Waals surface area contributed by atoms with Crippen molar-refractivity contribution in [3.8, 4) is 5.75 Å². The van der Waals surface area contributed by atoms with E-state index in [1.807, 2.05) is 13.0 Å². The summed E-state index contributed by atoms with van der Waals surface area (Å²) >= 11 is 0. The van der Waals surface area contributed by atoms with E-state index in [9.17, 15) is 14.7 Å². The molecule has 0 aliphatic heterocycles. The van der Waals surface area contributed by atoms with Crippen molar-refractivity contribution in [3.63, 3.8) is 0 Å². The maximum absolute atomic E-state index is 11.8. The predicted octanol–water partition coefficient (Wildman–Crippen LogP) is 1.62. The van der Waals surface area contributed by atoms with E-state index in [2.05, 4.69) is 4.99 Å². The first kappa shape index (κ1) is 13.8. The van der Waals surface area contributed by atoms with Gasteiger partial charge in [0.2, 0.25) is 0 Å². The molecular formula is C14H13NO5. The number of carboxylic acid groups (broad SMARTS) is 1. The van der Waals surface area contributed by atoms with E-state index in [4.69, 9.17) is 9.52 Å². The molecule has 0 amide bonds. The van der Waals surface area contributed by atoms with Gasteiger partial charge in [0, 0.05) is 6.21 Å². The van der Waals surface area contributed by atoms with E-state index < -0.39 is 18.1 Å². The molecule has 0 saturated heterocycles. The summed E-state index contributed by atoms with van der Waals surface area (Å²) < 4.78 is 5.14. The molecule has 0 radical (unpaired) electrons. The summed E-state index contributed by atoms with van der Waals surface area (Å²) in [6.45, 7) is 3.16.